The topological polar surface area (TPSA) is 116 Å². The summed E-state index contributed by atoms with van der Waals surface area (Å²) in [6.07, 6.45) is -4.24. The molecule has 0 aliphatic heterocycles. The molecule has 2 atom stereocenters. The van der Waals surface area contributed by atoms with Gasteiger partial charge in [0.15, 0.2) is 12.2 Å². The number of carbonyl (C=O) groups is 2. The Kier molecular flexibility index (Phi) is 4.64. The van der Waals surface area contributed by atoms with E-state index in [1.807, 2.05) is 0 Å². The van der Waals surface area contributed by atoms with Gasteiger partial charge in [0, 0.05) is 0 Å². The minimum absolute atomic E-state index is 0.265. The van der Waals surface area contributed by atoms with Crippen molar-refractivity contribution in [3.05, 3.63) is 24.3 Å². The van der Waals surface area contributed by atoms with Crippen LogP contribution in [0.5, 0.6) is 5.75 Å². The van der Waals surface area contributed by atoms with Crippen molar-refractivity contribution in [3.8, 4) is 5.75 Å². The highest BCUT2D eigenvalue weighted by molar-refractivity contribution is 5.98. The third kappa shape index (κ3) is 3.19. The maximum absolute atomic E-state index is 11.5. The number of hydrogen-bond donors (Lipinski definition) is 4. The molecule has 1 amide bonds. The van der Waals surface area contributed by atoms with Crippen molar-refractivity contribution in [2.45, 2.75) is 12.2 Å². The molecule has 0 bridgehead atoms. The highest BCUT2D eigenvalue weighted by atomic mass is 16.5. The Hall–Kier alpha value is -2.12. The molecule has 0 heterocycles. The number of benzene rings is 1. The van der Waals surface area contributed by atoms with E-state index in [1.165, 1.54) is 13.2 Å². The largest absolute Gasteiger partial charge is 0.495 e. The molecular formula is C11H13NO6. The van der Waals surface area contributed by atoms with Crippen molar-refractivity contribution in [1.29, 1.82) is 0 Å². The van der Waals surface area contributed by atoms with Crippen LogP contribution < -0.4 is 10.1 Å². The lowest BCUT2D eigenvalue weighted by molar-refractivity contribution is -0.156. The molecule has 0 radical (unpaired) electrons. The van der Waals surface area contributed by atoms with Crippen LogP contribution in [-0.2, 0) is 9.59 Å². The Bertz CT molecular complexity index is 447. The molecular weight excluding hydrogens is 242 g/mol. The predicted molar refractivity (Wildman–Crippen MR) is 61.3 cm³/mol. The van der Waals surface area contributed by atoms with Gasteiger partial charge in [0.1, 0.15) is 5.75 Å². The van der Waals surface area contributed by atoms with Gasteiger partial charge in [-0.1, -0.05) is 12.1 Å². The molecule has 0 saturated heterocycles. The van der Waals surface area contributed by atoms with E-state index in [-0.39, 0.29) is 5.69 Å². The minimum atomic E-state index is -2.18. The SMILES string of the molecule is COc1ccccc1NC(=O)[C@H](O)[C@H](O)C(=O)O. The Morgan fingerprint density at radius 3 is 2.39 bits per heavy atom. The maximum Gasteiger partial charge on any atom is 0.335 e. The van der Waals surface area contributed by atoms with E-state index in [2.05, 4.69) is 5.32 Å². The lowest BCUT2D eigenvalue weighted by Crippen LogP contribution is -2.42. The fraction of sp³-hybridized carbons (Fsp3) is 0.273. The van der Waals surface area contributed by atoms with Crippen LogP contribution in [0, 0.1) is 0 Å². The first kappa shape index (κ1) is 13.9. The number of amides is 1. The van der Waals surface area contributed by atoms with Crippen LogP contribution in [-0.4, -0.2) is 46.5 Å². The number of carbonyl (C=O) groups excluding carboxylic acids is 1. The van der Waals surface area contributed by atoms with Crippen LogP contribution >= 0.6 is 0 Å². The maximum atomic E-state index is 11.5. The molecule has 0 aromatic heterocycles. The monoisotopic (exact) mass is 255 g/mol. The van der Waals surface area contributed by atoms with Crippen molar-refractivity contribution in [2.75, 3.05) is 12.4 Å². The number of para-hydroxylation sites is 2. The van der Waals surface area contributed by atoms with Crippen LogP contribution in [0.1, 0.15) is 0 Å². The molecule has 1 rings (SSSR count). The van der Waals surface area contributed by atoms with Gasteiger partial charge in [-0.2, -0.15) is 0 Å². The van der Waals surface area contributed by atoms with Crippen molar-refractivity contribution in [2.24, 2.45) is 0 Å². The van der Waals surface area contributed by atoms with Gasteiger partial charge in [-0.05, 0) is 12.1 Å². The molecule has 4 N–H and O–H groups in total. The Labute approximate surface area is 103 Å². The summed E-state index contributed by atoms with van der Waals surface area (Å²) in [6, 6.07) is 6.39. The molecule has 0 unspecified atom stereocenters. The molecule has 1 aromatic carbocycles. The zero-order valence-corrected chi connectivity index (χ0v) is 9.53. The van der Waals surface area contributed by atoms with Crippen molar-refractivity contribution in [1.82, 2.24) is 0 Å². The summed E-state index contributed by atoms with van der Waals surface area (Å²) in [4.78, 5) is 21.9. The molecule has 0 aliphatic rings. The second-order valence-electron chi connectivity index (χ2n) is 3.42. The number of aliphatic hydroxyl groups excluding tert-OH is 2. The zero-order chi connectivity index (χ0) is 13.7. The summed E-state index contributed by atoms with van der Waals surface area (Å²) in [6.45, 7) is 0. The summed E-state index contributed by atoms with van der Waals surface area (Å²) in [5.74, 6) is -2.37. The zero-order valence-electron chi connectivity index (χ0n) is 9.53. The van der Waals surface area contributed by atoms with Crippen molar-refractivity contribution < 1.29 is 29.6 Å². The Balaban J connectivity index is 2.78. The van der Waals surface area contributed by atoms with E-state index in [0.717, 1.165) is 0 Å². The van der Waals surface area contributed by atoms with Gasteiger partial charge in [0.05, 0.1) is 12.8 Å². The second kappa shape index (κ2) is 5.99. The van der Waals surface area contributed by atoms with E-state index in [9.17, 15) is 14.7 Å². The van der Waals surface area contributed by atoms with E-state index in [0.29, 0.717) is 5.75 Å². The summed E-state index contributed by atoms with van der Waals surface area (Å²) >= 11 is 0. The van der Waals surface area contributed by atoms with Gasteiger partial charge in [-0.25, -0.2) is 4.79 Å². The van der Waals surface area contributed by atoms with Gasteiger partial charge < -0.3 is 25.4 Å². The van der Waals surface area contributed by atoms with Gasteiger partial charge in [0.25, 0.3) is 5.91 Å². The highest BCUT2D eigenvalue weighted by Crippen LogP contribution is 2.23. The van der Waals surface area contributed by atoms with Crippen LogP contribution in [0.2, 0.25) is 0 Å². The summed E-state index contributed by atoms with van der Waals surface area (Å²) in [5, 5.41) is 29.0. The molecule has 18 heavy (non-hydrogen) atoms. The van der Waals surface area contributed by atoms with E-state index in [1.54, 1.807) is 18.2 Å². The Morgan fingerprint density at radius 2 is 1.83 bits per heavy atom. The highest BCUT2D eigenvalue weighted by Gasteiger charge is 2.30. The lowest BCUT2D eigenvalue weighted by Gasteiger charge is -2.15. The number of carboxylic acids is 1. The molecule has 7 nitrogen and oxygen atoms in total. The molecule has 0 saturated carbocycles. The molecule has 0 fully saturated rings. The predicted octanol–water partition coefficient (Wildman–Crippen LogP) is -0.560. The average molecular weight is 255 g/mol. The van der Waals surface area contributed by atoms with E-state index in [4.69, 9.17) is 14.9 Å². The van der Waals surface area contributed by atoms with Gasteiger partial charge >= 0.3 is 5.97 Å². The number of aliphatic carboxylic acids is 1. The number of ether oxygens (including phenoxy) is 1. The van der Waals surface area contributed by atoms with Crippen LogP contribution in [0.3, 0.4) is 0 Å². The van der Waals surface area contributed by atoms with Crippen LogP contribution in [0.25, 0.3) is 0 Å². The summed E-state index contributed by atoms with van der Waals surface area (Å²) in [5.41, 5.74) is 0.265. The fourth-order valence-corrected chi connectivity index (χ4v) is 1.23. The minimum Gasteiger partial charge on any atom is -0.495 e. The molecule has 7 heteroatoms. The average Bonchev–Trinajstić information content (AvgIpc) is 2.37. The first-order valence-corrected chi connectivity index (χ1v) is 5.00. The van der Waals surface area contributed by atoms with Crippen LogP contribution in [0.15, 0.2) is 24.3 Å². The standard InChI is InChI=1S/C11H13NO6/c1-18-7-5-3-2-4-6(7)12-10(15)8(13)9(14)11(16)17/h2-5,8-9,13-14H,1H3,(H,12,15)(H,16,17)/t8-,9+/m1/s1. The third-order valence-corrected chi connectivity index (χ3v) is 2.19. The van der Waals surface area contributed by atoms with Gasteiger partial charge in [-0.15, -0.1) is 0 Å². The first-order valence-electron chi connectivity index (χ1n) is 5.00. The molecule has 1 aromatic rings. The molecule has 98 valence electrons. The first-order chi connectivity index (χ1) is 8.47. The number of aliphatic hydroxyl groups is 2. The number of methoxy groups -OCH3 is 1. The third-order valence-electron chi connectivity index (χ3n) is 2.19. The number of anilines is 1. The number of nitrogens with one attached hydrogen (secondary N) is 1. The fourth-order valence-electron chi connectivity index (χ4n) is 1.23. The molecule has 0 aliphatic carbocycles. The molecule has 0 spiro atoms. The van der Waals surface area contributed by atoms with Crippen molar-refractivity contribution >= 4 is 17.6 Å². The van der Waals surface area contributed by atoms with Gasteiger partial charge in [0.2, 0.25) is 0 Å². The smallest absolute Gasteiger partial charge is 0.335 e. The van der Waals surface area contributed by atoms with Crippen molar-refractivity contribution in [3.63, 3.8) is 0 Å². The quantitative estimate of drug-likeness (QED) is 0.560. The van der Waals surface area contributed by atoms with Gasteiger partial charge in [-0.3, -0.25) is 4.79 Å². The Morgan fingerprint density at radius 1 is 1.22 bits per heavy atom. The summed E-state index contributed by atoms with van der Waals surface area (Å²) in [7, 11) is 1.40. The number of rotatable bonds is 5. The normalized spacial score (nSPS) is 13.5. The van der Waals surface area contributed by atoms with E-state index < -0.39 is 24.1 Å². The van der Waals surface area contributed by atoms with Crippen LogP contribution in [0.4, 0.5) is 5.69 Å². The lowest BCUT2D eigenvalue weighted by atomic mass is 10.2. The number of hydrogen-bond acceptors (Lipinski definition) is 5. The number of carboxylic acid groups (broad SMARTS) is 1. The summed E-state index contributed by atoms with van der Waals surface area (Å²) < 4.78 is 4.96. The second-order valence-corrected chi connectivity index (χ2v) is 3.42. The van der Waals surface area contributed by atoms with E-state index >= 15 is 0 Å².